The third-order valence-electron chi connectivity index (χ3n) is 6.12. The van der Waals surface area contributed by atoms with Gasteiger partial charge in [0.15, 0.2) is 6.61 Å². The first-order chi connectivity index (χ1) is 15.5. The normalized spacial score (nSPS) is 21.8. The summed E-state index contributed by atoms with van der Waals surface area (Å²) in [7, 11) is 0. The van der Waals surface area contributed by atoms with Crippen LogP contribution in [0.3, 0.4) is 0 Å². The molecule has 0 unspecified atom stereocenters. The number of rotatable bonds is 4. The number of hydrogen-bond donors (Lipinski definition) is 2. The fourth-order valence-corrected chi connectivity index (χ4v) is 4.39. The van der Waals surface area contributed by atoms with Gasteiger partial charge in [-0.1, -0.05) is 54.6 Å². The Bertz CT molecular complexity index is 1210. The molecule has 0 radical (unpaired) electrons. The molecule has 2 aliphatic rings. The molecule has 7 heteroatoms. The Balaban J connectivity index is 1.62. The van der Waals surface area contributed by atoms with Crippen LogP contribution in [-0.2, 0) is 10.3 Å². The van der Waals surface area contributed by atoms with E-state index in [1.807, 2.05) is 60.7 Å². The number of fused-ring (bicyclic) bond motifs is 1. The molecule has 1 saturated carbocycles. The summed E-state index contributed by atoms with van der Waals surface area (Å²) >= 11 is 0. The fraction of sp³-hybridized carbons (Fsp3) is 0.240. The van der Waals surface area contributed by atoms with E-state index in [2.05, 4.69) is 4.85 Å². The van der Waals surface area contributed by atoms with E-state index in [0.717, 1.165) is 27.9 Å². The van der Waals surface area contributed by atoms with Gasteiger partial charge in [-0.05, 0) is 30.0 Å². The molecule has 2 aromatic carbocycles. The smallest absolute Gasteiger partial charge is 0.296 e. The highest BCUT2D eigenvalue weighted by Crippen LogP contribution is 2.42. The maximum atomic E-state index is 12.3. The molecule has 7 nitrogen and oxygen atoms in total. The van der Waals surface area contributed by atoms with Crippen molar-refractivity contribution in [3.8, 4) is 28.3 Å². The van der Waals surface area contributed by atoms with Crippen molar-refractivity contribution in [1.82, 2.24) is 4.98 Å². The van der Waals surface area contributed by atoms with E-state index >= 15 is 0 Å². The minimum absolute atomic E-state index is 0.0798. The second-order valence-corrected chi connectivity index (χ2v) is 8.28. The lowest BCUT2D eigenvalue weighted by Crippen LogP contribution is -2.51. The molecule has 3 aromatic rings. The molecule has 3 N–H and O–H groups in total. The Morgan fingerprint density at radius 1 is 1.16 bits per heavy atom. The van der Waals surface area contributed by atoms with Gasteiger partial charge in [-0.2, -0.15) is 0 Å². The van der Waals surface area contributed by atoms with Gasteiger partial charge in [-0.15, -0.1) is 0 Å². The minimum atomic E-state index is -0.493. The molecule has 160 valence electrons. The van der Waals surface area contributed by atoms with Crippen molar-refractivity contribution in [2.24, 2.45) is 5.73 Å². The number of amides is 1. The molecule has 32 heavy (non-hydrogen) atoms. The fourth-order valence-electron chi connectivity index (χ4n) is 4.39. The van der Waals surface area contributed by atoms with E-state index < -0.39 is 5.54 Å². The Labute approximate surface area is 185 Å². The number of nitrogens with two attached hydrogens (primary N) is 1. The average molecular weight is 426 g/mol. The van der Waals surface area contributed by atoms with Gasteiger partial charge in [0.2, 0.25) is 5.88 Å². The number of carbonyl (C=O) groups excluding carboxylic acids is 1. The molecule has 1 amide bonds. The zero-order valence-corrected chi connectivity index (χ0v) is 17.4. The molecule has 0 atom stereocenters. The molecule has 1 fully saturated rings. The van der Waals surface area contributed by atoms with Crippen LogP contribution in [0.15, 0.2) is 60.7 Å². The van der Waals surface area contributed by atoms with Crippen LogP contribution in [0.25, 0.3) is 27.2 Å². The van der Waals surface area contributed by atoms with Crippen molar-refractivity contribution in [3.05, 3.63) is 77.6 Å². The number of anilines is 1. The van der Waals surface area contributed by atoms with Crippen LogP contribution >= 0.6 is 0 Å². The number of aliphatic hydroxyl groups excluding tert-OH is 1. The summed E-state index contributed by atoms with van der Waals surface area (Å²) in [5.41, 5.74) is 10.8. The molecule has 1 aliphatic heterocycles. The van der Waals surface area contributed by atoms with Gasteiger partial charge < -0.3 is 15.6 Å². The summed E-state index contributed by atoms with van der Waals surface area (Å²) in [4.78, 5) is 21.9. The van der Waals surface area contributed by atoms with Gasteiger partial charge >= 0.3 is 0 Å². The SMILES string of the molecule is [C-]#[N+]CN1C(=O)COc2nc(-c3ccc(C4(N)CC(O)C4)cc3)c(-c3ccccc3)cc21. The molecule has 0 bridgehead atoms. The third-order valence-corrected chi connectivity index (χ3v) is 6.12. The van der Waals surface area contributed by atoms with E-state index in [1.54, 1.807) is 0 Å². The van der Waals surface area contributed by atoms with Gasteiger partial charge in [0.05, 0.1) is 11.8 Å². The number of hydrogen-bond acceptors (Lipinski definition) is 5. The lowest BCUT2D eigenvalue weighted by Gasteiger charge is -2.42. The first kappa shape index (κ1) is 20.2. The predicted octanol–water partition coefficient (Wildman–Crippen LogP) is 3.33. The molecular weight excluding hydrogens is 404 g/mol. The summed E-state index contributed by atoms with van der Waals surface area (Å²) in [6.07, 6.45) is 0.763. The topological polar surface area (TPSA) is 93.0 Å². The second kappa shape index (κ2) is 7.75. The van der Waals surface area contributed by atoms with Crippen LogP contribution in [0, 0.1) is 6.57 Å². The van der Waals surface area contributed by atoms with Gasteiger partial charge in [-0.3, -0.25) is 9.64 Å². The number of nitrogens with zero attached hydrogens (tertiary/aromatic N) is 3. The van der Waals surface area contributed by atoms with E-state index in [4.69, 9.17) is 22.0 Å². The van der Waals surface area contributed by atoms with Crippen molar-refractivity contribution in [3.63, 3.8) is 0 Å². The first-order valence-corrected chi connectivity index (χ1v) is 10.4. The van der Waals surface area contributed by atoms with Crippen molar-refractivity contribution in [2.45, 2.75) is 24.5 Å². The number of aliphatic hydroxyl groups is 1. The standard InChI is InChI=1S/C25H22N4O3/c1-27-15-29-21-11-20(16-5-3-2-4-6-16)23(28-24(21)32-14-22(29)31)17-7-9-18(10-8-17)25(26)12-19(30)13-25/h2-11,19,30H,12-15,26H2. The molecule has 0 spiro atoms. The molecule has 2 heterocycles. The van der Waals surface area contributed by atoms with E-state index in [0.29, 0.717) is 24.4 Å². The third kappa shape index (κ3) is 3.40. The van der Waals surface area contributed by atoms with Crippen LogP contribution in [0.4, 0.5) is 5.69 Å². The van der Waals surface area contributed by atoms with Gasteiger partial charge in [0, 0.05) is 16.7 Å². The van der Waals surface area contributed by atoms with Crippen LogP contribution in [0.2, 0.25) is 0 Å². The Hall–Kier alpha value is -3.73. The largest absolute Gasteiger partial charge is 0.466 e. The average Bonchev–Trinajstić information content (AvgIpc) is 2.80. The van der Waals surface area contributed by atoms with Crippen molar-refractivity contribution >= 4 is 11.6 Å². The first-order valence-electron chi connectivity index (χ1n) is 10.4. The van der Waals surface area contributed by atoms with Gasteiger partial charge in [-0.25, -0.2) is 16.5 Å². The number of aromatic nitrogens is 1. The Kier molecular flexibility index (Phi) is 4.89. The monoisotopic (exact) mass is 426 g/mol. The minimum Gasteiger partial charge on any atom is -0.466 e. The van der Waals surface area contributed by atoms with E-state index in [9.17, 15) is 9.90 Å². The van der Waals surface area contributed by atoms with Crippen LogP contribution in [0.5, 0.6) is 5.88 Å². The highest BCUT2D eigenvalue weighted by Gasteiger charge is 2.41. The number of benzene rings is 2. The predicted molar refractivity (Wildman–Crippen MR) is 121 cm³/mol. The Morgan fingerprint density at radius 3 is 2.53 bits per heavy atom. The van der Waals surface area contributed by atoms with E-state index in [1.165, 1.54) is 4.90 Å². The van der Waals surface area contributed by atoms with Gasteiger partial charge in [0.1, 0.15) is 5.69 Å². The van der Waals surface area contributed by atoms with Crippen molar-refractivity contribution in [1.29, 1.82) is 0 Å². The van der Waals surface area contributed by atoms with Crippen LogP contribution in [0.1, 0.15) is 18.4 Å². The lowest BCUT2D eigenvalue weighted by atomic mass is 9.70. The van der Waals surface area contributed by atoms with Gasteiger partial charge in [0.25, 0.3) is 12.6 Å². The number of pyridine rings is 1. The zero-order valence-electron chi connectivity index (χ0n) is 17.4. The second-order valence-electron chi connectivity index (χ2n) is 8.28. The quantitative estimate of drug-likeness (QED) is 0.625. The highest BCUT2D eigenvalue weighted by atomic mass is 16.5. The molecule has 0 saturated heterocycles. The Morgan fingerprint density at radius 2 is 1.88 bits per heavy atom. The maximum absolute atomic E-state index is 12.3. The van der Waals surface area contributed by atoms with Crippen LogP contribution < -0.4 is 15.4 Å². The zero-order chi connectivity index (χ0) is 22.3. The summed E-state index contributed by atoms with van der Waals surface area (Å²) < 4.78 is 5.63. The lowest BCUT2D eigenvalue weighted by molar-refractivity contribution is -0.121. The molecule has 1 aliphatic carbocycles. The van der Waals surface area contributed by atoms with Crippen LogP contribution in [-0.4, -0.2) is 35.4 Å². The molecular formula is C25H22N4O3. The van der Waals surface area contributed by atoms with E-state index in [-0.39, 0.29) is 25.3 Å². The molecule has 1 aromatic heterocycles. The van der Waals surface area contributed by atoms with Crippen molar-refractivity contribution < 1.29 is 14.6 Å². The number of ether oxygens (including phenoxy) is 1. The summed E-state index contributed by atoms with van der Waals surface area (Å²) in [6.45, 7) is 6.99. The summed E-state index contributed by atoms with van der Waals surface area (Å²) in [5, 5.41) is 9.68. The maximum Gasteiger partial charge on any atom is 0.296 e. The molecule has 5 rings (SSSR count). The number of carbonyl (C=O) groups is 1. The summed E-state index contributed by atoms with van der Waals surface area (Å²) in [6, 6.07) is 19.6. The van der Waals surface area contributed by atoms with Crippen molar-refractivity contribution in [2.75, 3.05) is 18.2 Å². The highest BCUT2D eigenvalue weighted by molar-refractivity contribution is 5.99. The summed E-state index contributed by atoms with van der Waals surface area (Å²) in [5.74, 6) is 0.0757.